The molecule has 1 amide bonds. The van der Waals surface area contributed by atoms with Gasteiger partial charge in [0.05, 0.1) is 19.3 Å². The Morgan fingerprint density at radius 3 is 2.68 bits per heavy atom. The molecular weight excluding hydrogens is 443 g/mol. The van der Waals surface area contributed by atoms with Gasteiger partial charge in [0.15, 0.2) is 11.3 Å². The molecule has 162 valence electrons. The first kappa shape index (κ1) is 21.3. The number of nitrogens with zero attached hydrogens (tertiary/aromatic N) is 6. The van der Waals surface area contributed by atoms with Crippen molar-refractivity contribution in [3.63, 3.8) is 0 Å². The second-order valence-corrected chi connectivity index (χ2v) is 7.83. The fourth-order valence-electron chi connectivity index (χ4n) is 3.40. The van der Waals surface area contributed by atoms with E-state index in [4.69, 9.17) is 32.9 Å². The summed E-state index contributed by atoms with van der Waals surface area (Å²) in [6.07, 6.45) is 2.46. The van der Waals surface area contributed by atoms with Gasteiger partial charge in [0.2, 0.25) is 6.41 Å². The monoisotopic (exact) mass is 462 g/mol. The second-order valence-electron chi connectivity index (χ2n) is 6.99. The summed E-state index contributed by atoms with van der Waals surface area (Å²) in [5, 5.41) is 5.45. The number of piperazine rings is 1. The van der Waals surface area contributed by atoms with E-state index in [9.17, 15) is 9.59 Å². The first-order chi connectivity index (χ1) is 15.0. The van der Waals surface area contributed by atoms with Crippen molar-refractivity contribution >= 4 is 52.6 Å². The van der Waals surface area contributed by atoms with Gasteiger partial charge in [-0.05, 0) is 24.6 Å². The summed E-state index contributed by atoms with van der Waals surface area (Å²) in [7, 11) is 0. The van der Waals surface area contributed by atoms with E-state index >= 15 is 0 Å². The van der Waals surface area contributed by atoms with Crippen LogP contribution in [0.5, 0.6) is 0 Å². The van der Waals surface area contributed by atoms with Crippen molar-refractivity contribution in [2.24, 2.45) is 0 Å². The molecule has 0 saturated carbocycles. The standard InChI is InChI=1S/C20H20Cl2N6O3/c1-2-31-20(30)18-17-19(28(25-18)11-13-3-4-14(21)9-15(13)22)24-16(10-23-17)27-7-5-26(12-29)6-8-27/h3-4,9-10,12H,2,5-8,11H2,1H3. The van der Waals surface area contributed by atoms with Crippen LogP contribution in [0.1, 0.15) is 23.0 Å². The highest BCUT2D eigenvalue weighted by molar-refractivity contribution is 6.35. The third-order valence-corrected chi connectivity index (χ3v) is 5.61. The van der Waals surface area contributed by atoms with E-state index in [1.807, 2.05) is 4.90 Å². The molecule has 1 saturated heterocycles. The summed E-state index contributed by atoms with van der Waals surface area (Å²) >= 11 is 12.3. The van der Waals surface area contributed by atoms with Crippen molar-refractivity contribution in [2.75, 3.05) is 37.7 Å². The molecule has 0 spiro atoms. The number of esters is 1. The average molecular weight is 463 g/mol. The molecule has 0 radical (unpaired) electrons. The van der Waals surface area contributed by atoms with Crippen molar-refractivity contribution in [3.8, 4) is 0 Å². The number of anilines is 1. The van der Waals surface area contributed by atoms with Crippen LogP contribution in [0.4, 0.5) is 5.82 Å². The molecule has 1 aliphatic heterocycles. The highest BCUT2D eigenvalue weighted by Crippen LogP contribution is 2.25. The first-order valence-corrected chi connectivity index (χ1v) is 10.5. The maximum absolute atomic E-state index is 12.4. The number of rotatable bonds is 6. The van der Waals surface area contributed by atoms with E-state index in [0.717, 1.165) is 12.0 Å². The molecule has 3 heterocycles. The van der Waals surface area contributed by atoms with Crippen LogP contribution in [0.2, 0.25) is 10.0 Å². The topological polar surface area (TPSA) is 93.5 Å². The Bertz CT molecular complexity index is 1130. The Balaban J connectivity index is 1.73. The van der Waals surface area contributed by atoms with Crippen molar-refractivity contribution in [1.82, 2.24) is 24.6 Å². The molecule has 4 rings (SSSR count). The van der Waals surface area contributed by atoms with Crippen LogP contribution in [0, 0.1) is 0 Å². The maximum Gasteiger partial charge on any atom is 0.361 e. The zero-order valence-corrected chi connectivity index (χ0v) is 18.3. The molecule has 9 nitrogen and oxygen atoms in total. The minimum atomic E-state index is -0.560. The molecule has 3 aromatic rings. The fourth-order valence-corrected chi connectivity index (χ4v) is 3.87. The third kappa shape index (κ3) is 4.42. The SMILES string of the molecule is CCOC(=O)c1nn(Cc2ccc(Cl)cc2Cl)c2nc(N3CCN(C=O)CC3)cnc12. The zero-order chi connectivity index (χ0) is 22.0. The predicted molar refractivity (Wildman–Crippen MR) is 117 cm³/mol. The first-order valence-electron chi connectivity index (χ1n) is 9.79. The van der Waals surface area contributed by atoms with Crippen LogP contribution in [-0.4, -0.2) is 69.8 Å². The largest absolute Gasteiger partial charge is 0.461 e. The van der Waals surface area contributed by atoms with Gasteiger partial charge in [-0.2, -0.15) is 5.10 Å². The number of benzene rings is 1. The van der Waals surface area contributed by atoms with Gasteiger partial charge in [-0.25, -0.2) is 19.4 Å². The average Bonchev–Trinajstić information content (AvgIpc) is 3.14. The summed E-state index contributed by atoms with van der Waals surface area (Å²) in [6.45, 7) is 4.73. The normalized spacial score (nSPS) is 14.2. The van der Waals surface area contributed by atoms with Crippen molar-refractivity contribution in [2.45, 2.75) is 13.5 Å². The van der Waals surface area contributed by atoms with Gasteiger partial charge in [-0.15, -0.1) is 0 Å². The molecule has 0 unspecified atom stereocenters. The smallest absolute Gasteiger partial charge is 0.361 e. The Kier molecular flexibility index (Phi) is 6.24. The molecule has 1 fully saturated rings. The van der Waals surface area contributed by atoms with E-state index < -0.39 is 5.97 Å². The number of halogens is 2. The summed E-state index contributed by atoms with van der Waals surface area (Å²) < 4.78 is 6.73. The zero-order valence-electron chi connectivity index (χ0n) is 16.8. The summed E-state index contributed by atoms with van der Waals surface area (Å²) in [5.41, 5.74) is 1.69. The lowest BCUT2D eigenvalue weighted by atomic mass is 10.2. The highest BCUT2D eigenvalue weighted by Gasteiger charge is 2.24. The number of carbonyl (C=O) groups is 2. The lowest BCUT2D eigenvalue weighted by molar-refractivity contribution is -0.118. The van der Waals surface area contributed by atoms with Gasteiger partial charge in [0, 0.05) is 36.2 Å². The predicted octanol–water partition coefficient (Wildman–Crippen LogP) is 2.64. The molecule has 11 heteroatoms. The summed E-state index contributed by atoms with van der Waals surface area (Å²) in [6, 6.07) is 5.20. The van der Waals surface area contributed by atoms with Gasteiger partial charge >= 0.3 is 5.97 Å². The maximum atomic E-state index is 12.4. The van der Waals surface area contributed by atoms with E-state index in [2.05, 4.69) is 10.1 Å². The lowest BCUT2D eigenvalue weighted by Crippen LogP contribution is -2.46. The Morgan fingerprint density at radius 1 is 1.23 bits per heavy atom. The van der Waals surface area contributed by atoms with Crippen LogP contribution in [0.25, 0.3) is 11.2 Å². The minimum absolute atomic E-state index is 0.103. The van der Waals surface area contributed by atoms with Gasteiger partial charge < -0.3 is 14.5 Å². The number of hydrogen-bond donors (Lipinski definition) is 0. The number of ether oxygens (including phenoxy) is 1. The molecule has 0 atom stereocenters. The third-order valence-electron chi connectivity index (χ3n) is 5.02. The molecule has 0 bridgehead atoms. The minimum Gasteiger partial charge on any atom is -0.461 e. The molecule has 31 heavy (non-hydrogen) atoms. The Hall–Kier alpha value is -2.91. The molecule has 1 aliphatic rings. The highest BCUT2D eigenvalue weighted by atomic mass is 35.5. The number of hydrogen-bond acceptors (Lipinski definition) is 7. The van der Waals surface area contributed by atoms with Crippen molar-refractivity contribution < 1.29 is 14.3 Å². The number of aromatic nitrogens is 4. The quantitative estimate of drug-likeness (QED) is 0.410. The fraction of sp³-hybridized carbons (Fsp3) is 0.350. The lowest BCUT2D eigenvalue weighted by Gasteiger charge is -2.33. The molecule has 2 aromatic heterocycles. The number of amides is 1. The number of carbonyl (C=O) groups excluding carboxylic acids is 2. The molecule has 1 aromatic carbocycles. The van der Waals surface area contributed by atoms with Crippen LogP contribution in [0.3, 0.4) is 0 Å². The van der Waals surface area contributed by atoms with Crippen LogP contribution < -0.4 is 4.90 Å². The molecule has 0 aliphatic carbocycles. The Morgan fingerprint density at radius 2 is 2.00 bits per heavy atom. The van der Waals surface area contributed by atoms with Crippen LogP contribution in [0.15, 0.2) is 24.4 Å². The van der Waals surface area contributed by atoms with Crippen molar-refractivity contribution in [1.29, 1.82) is 0 Å². The van der Waals surface area contributed by atoms with Gasteiger partial charge in [-0.3, -0.25) is 4.79 Å². The van der Waals surface area contributed by atoms with E-state index in [-0.39, 0.29) is 18.8 Å². The van der Waals surface area contributed by atoms with Gasteiger partial charge in [0.1, 0.15) is 11.3 Å². The second kappa shape index (κ2) is 9.07. The number of fused-ring (bicyclic) bond motifs is 1. The van der Waals surface area contributed by atoms with E-state index in [1.165, 1.54) is 0 Å². The van der Waals surface area contributed by atoms with E-state index in [1.54, 1.807) is 40.9 Å². The van der Waals surface area contributed by atoms with Crippen LogP contribution in [-0.2, 0) is 16.1 Å². The van der Waals surface area contributed by atoms with Gasteiger partial charge in [0.25, 0.3) is 0 Å². The van der Waals surface area contributed by atoms with Crippen molar-refractivity contribution in [3.05, 3.63) is 45.7 Å². The van der Waals surface area contributed by atoms with Crippen LogP contribution >= 0.6 is 23.2 Å². The summed E-state index contributed by atoms with van der Waals surface area (Å²) in [4.78, 5) is 36.4. The van der Waals surface area contributed by atoms with Gasteiger partial charge in [-0.1, -0.05) is 29.3 Å². The molecular formula is C20H20Cl2N6O3. The molecule has 0 N–H and O–H groups in total. The Labute approximate surface area is 188 Å². The van der Waals surface area contributed by atoms with E-state index in [0.29, 0.717) is 53.2 Å². The summed E-state index contributed by atoms with van der Waals surface area (Å²) in [5.74, 6) is 0.0897.